The Hall–Kier alpha value is -1.91. The van der Waals surface area contributed by atoms with E-state index in [1.54, 1.807) is 19.1 Å². The number of hydrogen-bond donors (Lipinski definition) is 1. The molecule has 18 heavy (non-hydrogen) atoms. The van der Waals surface area contributed by atoms with Crippen LogP contribution >= 0.6 is 0 Å². The van der Waals surface area contributed by atoms with Gasteiger partial charge in [0.15, 0.2) is 0 Å². The molecule has 1 aliphatic rings. The summed E-state index contributed by atoms with van der Waals surface area (Å²) in [6.07, 6.45) is 1.32. The molecule has 2 amide bonds. The molecule has 1 atom stereocenters. The van der Waals surface area contributed by atoms with Gasteiger partial charge in [0.05, 0.1) is 0 Å². The molecule has 0 unspecified atom stereocenters. The maximum Gasteiger partial charge on any atom is 0.254 e. The van der Waals surface area contributed by atoms with Crippen LogP contribution in [-0.2, 0) is 4.79 Å². The summed E-state index contributed by atoms with van der Waals surface area (Å²) in [6.45, 7) is 2.12. The fourth-order valence-corrected chi connectivity index (χ4v) is 2.20. The predicted octanol–water partition coefficient (Wildman–Crippen LogP) is 1.22. The molecule has 0 radical (unpaired) electrons. The van der Waals surface area contributed by atoms with Crippen molar-refractivity contribution in [3.8, 4) is 0 Å². The highest BCUT2D eigenvalue weighted by Gasteiger charge is 2.33. The second-order valence-corrected chi connectivity index (χ2v) is 4.52. The maximum absolute atomic E-state index is 13.4. The molecule has 0 aromatic heterocycles. The first-order chi connectivity index (χ1) is 8.50. The number of amides is 2. The Labute approximate surface area is 105 Å². The van der Waals surface area contributed by atoms with Crippen molar-refractivity contribution >= 4 is 11.8 Å². The Bertz CT molecular complexity index is 502. The molecule has 0 bridgehead atoms. The Morgan fingerprint density at radius 3 is 2.78 bits per heavy atom. The first-order valence-electron chi connectivity index (χ1n) is 5.87. The van der Waals surface area contributed by atoms with E-state index < -0.39 is 17.8 Å². The van der Waals surface area contributed by atoms with Crippen LogP contribution in [-0.4, -0.2) is 29.3 Å². The Morgan fingerprint density at radius 2 is 2.17 bits per heavy atom. The number of hydrogen-bond acceptors (Lipinski definition) is 2. The number of carbonyl (C=O) groups excluding carboxylic acids is 2. The van der Waals surface area contributed by atoms with Crippen molar-refractivity contribution in [2.45, 2.75) is 25.8 Å². The van der Waals surface area contributed by atoms with Crippen LogP contribution in [0, 0.1) is 12.7 Å². The van der Waals surface area contributed by atoms with Crippen LogP contribution < -0.4 is 5.73 Å². The highest BCUT2D eigenvalue weighted by molar-refractivity contribution is 5.97. The molecule has 0 aliphatic carbocycles. The molecule has 1 aromatic rings. The van der Waals surface area contributed by atoms with Crippen molar-refractivity contribution in [3.63, 3.8) is 0 Å². The molecule has 0 saturated carbocycles. The maximum atomic E-state index is 13.4. The number of halogens is 1. The number of primary amides is 1. The second kappa shape index (κ2) is 4.76. The number of nitrogens with two attached hydrogens (primary N) is 1. The minimum atomic E-state index is -0.568. The molecule has 2 N–H and O–H groups in total. The molecule has 1 aromatic carbocycles. The smallest absolute Gasteiger partial charge is 0.254 e. The third-order valence-electron chi connectivity index (χ3n) is 3.26. The summed E-state index contributed by atoms with van der Waals surface area (Å²) in [6, 6.07) is 3.75. The highest BCUT2D eigenvalue weighted by Crippen LogP contribution is 2.20. The van der Waals surface area contributed by atoms with E-state index in [1.807, 2.05) is 0 Å². The standard InChI is InChI=1S/C13H15FN2O2/c1-8-4-5-9(7-10(8)14)13(18)16-6-2-3-11(16)12(15)17/h4-5,7,11H,2-3,6H2,1H3,(H2,15,17)/t11-/m0/s1. The lowest BCUT2D eigenvalue weighted by Gasteiger charge is -2.22. The molecular formula is C13H15FN2O2. The fraction of sp³-hybridized carbons (Fsp3) is 0.385. The van der Waals surface area contributed by atoms with Gasteiger partial charge in [0.2, 0.25) is 5.91 Å². The summed E-state index contributed by atoms with van der Waals surface area (Å²) in [5, 5.41) is 0. The SMILES string of the molecule is Cc1ccc(C(=O)N2CCC[C@H]2C(N)=O)cc1F. The van der Waals surface area contributed by atoms with Crippen molar-refractivity contribution < 1.29 is 14.0 Å². The molecule has 2 rings (SSSR count). The first kappa shape index (κ1) is 12.5. The van der Waals surface area contributed by atoms with Gasteiger partial charge in [-0.1, -0.05) is 6.07 Å². The fourth-order valence-electron chi connectivity index (χ4n) is 2.20. The largest absolute Gasteiger partial charge is 0.368 e. The zero-order chi connectivity index (χ0) is 13.3. The van der Waals surface area contributed by atoms with Crippen LogP contribution in [0.4, 0.5) is 4.39 Å². The summed E-state index contributed by atoms with van der Waals surface area (Å²) in [5.41, 5.74) is 5.99. The van der Waals surface area contributed by atoms with E-state index in [1.165, 1.54) is 11.0 Å². The van der Waals surface area contributed by atoms with Gasteiger partial charge in [0.1, 0.15) is 11.9 Å². The van der Waals surface area contributed by atoms with E-state index in [4.69, 9.17) is 5.73 Å². The van der Waals surface area contributed by atoms with E-state index in [0.717, 1.165) is 6.42 Å². The lowest BCUT2D eigenvalue weighted by Crippen LogP contribution is -2.43. The van der Waals surface area contributed by atoms with E-state index in [-0.39, 0.29) is 11.5 Å². The van der Waals surface area contributed by atoms with Gasteiger partial charge in [0, 0.05) is 12.1 Å². The van der Waals surface area contributed by atoms with Crippen LogP contribution in [0.5, 0.6) is 0 Å². The number of likely N-dealkylation sites (tertiary alicyclic amines) is 1. The molecule has 1 fully saturated rings. The number of nitrogens with zero attached hydrogens (tertiary/aromatic N) is 1. The Kier molecular flexibility index (Phi) is 3.32. The lowest BCUT2D eigenvalue weighted by molar-refractivity contribution is -0.121. The van der Waals surface area contributed by atoms with Crippen molar-refractivity contribution in [3.05, 3.63) is 35.1 Å². The quantitative estimate of drug-likeness (QED) is 0.857. The summed E-state index contributed by atoms with van der Waals surface area (Å²) < 4.78 is 13.4. The van der Waals surface area contributed by atoms with Crippen molar-refractivity contribution in [2.75, 3.05) is 6.54 Å². The Balaban J connectivity index is 2.25. The van der Waals surface area contributed by atoms with E-state index >= 15 is 0 Å². The van der Waals surface area contributed by atoms with Crippen LogP contribution in [0.3, 0.4) is 0 Å². The van der Waals surface area contributed by atoms with Gasteiger partial charge in [-0.05, 0) is 37.5 Å². The van der Waals surface area contributed by atoms with Gasteiger partial charge < -0.3 is 10.6 Å². The summed E-state index contributed by atoms with van der Waals surface area (Å²) in [4.78, 5) is 24.8. The van der Waals surface area contributed by atoms with Gasteiger partial charge >= 0.3 is 0 Å². The van der Waals surface area contributed by atoms with Gasteiger partial charge in [0.25, 0.3) is 5.91 Å². The molecule has 1 heterocycles. The van der Waals surface area contributed by atoms with E-state index in [2.05, 4.69) is 0 Å². The minimum Gasteiger partial charge on any atom is -0.368 e. The molecule has 4 nitrogen and oxygen atoms in total. The zero-order valence-electron chi connectivity index (χ0n) is 10.1. The topological polar surface area (TPSA) is 63.4 Å². The third kappa shape index (κ3) is 2.20. The van der Waals surface area contributed by atoms with Crippen LogP contribution in [0.1, 0.15) is 28.8 Å². The van der Waals surface area contributed by atoms with Crippen molar-refractivity contribution in [2.24, 2.45) is 5.73 Å². The molecule has 1 saturated heterocycles. The van der Waals surface area contributed by atoms with Crippen LogP contribution in [0.2, 0.25) is 0 Å². The molecule has 0 spiro atoms. The number of aryl methyl sites for hydroxylation is 1. The molecule has 96 valence electrons. The normalized spacial score (nSPS) is 19.0. The average Bonchev–Trinajstić information content (AvgIpc) is 2.81. The van der Waals surface area contributed by atoms with E-state index in [9.17, 15) is 14.0 Å². The number of carbonyl (C=O) groups is 2. The summed E-state index contributed by atoms with van der Waals surface area (Å²) >= 11 is 0. The number of rotatable bonds is 2. The molecule has 5 heteroatoms. The van der Waals surface area contributed by atoms with Gasteiger partial charge in [-0.25, -0.2) is 4.39 Å². The zero-order valence-corrected chi connectivity index (χ0v) is 10.1. The monoisotopic (exact) mass is 250 g/mol. The van der Waals surface area contributed by atoms with Crippen molar-refractivity contribution in [1.29, 1.82) is 0 Å². The van der Waals surface area contributed by atoms with Gasteiger partial charge in [-0.3, -0.25) is 9.59 Å². The van der Waals surface area contributed by atoms with Gasteiger partial charge in [-0.15, -0.1) is 0 Å². The van der Waals surface area contributed by atoms with Crippen LogP contribution in [0.25, 0.3) is 0 Å². The Morgan fingerprint density at radius 1 is 1.44 bits per heavy atom. The van der Waals surface area contributed by atoms with Crippen molar-refractivity contribution in [1.82, 2.24) is 4.90 Å². The second-order valence-electron chi connectivity index (χ2n) is 4.52. The van der Waals surface area contributed by atoms with Gasteiger partial charge in [-0.2, -0.15) is 0 Å². The summed E-state index contributed by atoms with van der Waals surface area (Å²) in [5.74, 6) is -1.26. The first-order valence-corrected chi connectivity index (χ1v) is 5.87. The predicted molar refractivity (Wildman–Crippen MR) is 64.4 cm³/mol. The highest BCUT2D eigenvalue weighted by atomic mass is 19.1. The minimum absolute atomic E-state index is 0.256. The van der Waals surface area contributed by atoms with Crippen LogP contribution in [0.15, 0.2) is 18.2 Å². The number of benzene rings is 1. The molecular weight excluding hydrogens is 235 g/mol. The molecule has 1 aliphatic heterocycles. The lowest BCUT2D eigenvalue weighted by atomic mass is 10.1. The summed E-state index contributed by atoms with van der Waals surface area (Å²) in [7, 11) is 0. The average molecular weight is 250 g/mol. The van der Waals surface area contributed by atoms with E-state index in [0.29, 0.717) is 18.5 Å². The third-order valence-corrected chi connectivity index (χ3v) is 3.26.